The molecule has 136 valence electrons. The number of thioether (sulfide) groups is 1. The fourth-order valence-corrected chi connectivity index (χ4v) is 3.64. The Morgan fingerprint density at radius 2 is 2.20 bits per heavy atom. The topological polar surface area (TPSA) is 76.1 Å². The van der Waals surface area contributed by atoms with Crippen molar-refractivity contribution in [3.8, 4) is 0 Å². The van der Waals surface area contributed by atoms with E-state index >= 15 is 0 Å². The van der Waals surface area contributed by atoms with E-state index in [9.17, 15) is 0 Å². The van der Waals surface area contributed by atoms with Gasteiger partial charge in [0, 0.05) is 50.6 Å². The van der Waals surface area contributed by atoms with Gasteiger partial charge in [0.15, 0.2) is 5.16 Å². The number of imidazole rings is 1. The van der Waals surface area contributed by atoms with Gasteiger partial charge in [-0.15, -0.1) is 0 Å². The Morgan fingerprint density at radius 1 is 1.36 bits per heavy atom. The van der Waals surface area contributed by atoms with Crippen molar-refractivity contribution in [1.29, 1.82) is 0 Å². The number of rotatable bonds is 6. The molecule has 0 radical (unpaired) electrons. The Kier molecular flexibility index (Phi) is 5.80. The van der Waals surface area contributed by atoms with Crippen molar-refractivity contribution >= 4 is 23.4 Å². The number of nitrogen functional groups attached to an aromatic ring is 1. The first-order valence-electron chi connectivity index (χ1n) is 8.66. The van der Waals surface area contributed by atoms with E-state index < -0.39 is 0 Å². The summed E-state index contributed by atoms with van der Waals surface area (Å²) in [6.07, 6.45) is 8.26. The Bertz CT molecular complexity index is 700. The molecule has 1 fully saturated rings. The van der Waals surface area contributed by atoms with Crippen LogP contribution in [0.2, 0.25) is 0 Å². The molecular weight excluding hydrogens is 334 g/mol. The van der Waals surface area contributed by atoms with Crippen LogP contribution in [0.5, 0.6) is 0 Å². The minimum atomic E-state index is 0.417. The third kappa shape index (κ3) is 4.43. The van der Waals surface area contributed by atoms with E-state index in [1.807, 2.05) is 18.5 Å². The highest BCUT2D eigenvalue weighted by Crippen LogP contribution is 2.29. The number of hydrogen-bond acceptors (Lipinski definition) is 7. The molecule has 0 saturated carbocycles. The zero-order chi connectivity index (χ0) is 17.8. The summed E-state index contributed by atoms with van der Waals surface area (Å²) in [7, 11) is 4.20. The lowest BCUT2D eigenvalue weighted by atomic mass is 9.97. The zero-order valence-corrected chi connectivity index (χ0v) is 16.0. The molecule has 0 bridgehead atoms. The van der Waals surface area contributed by atoms with Crippen molar-refractivity contribution in [2.75, 3.05) is 50.6 Å². The largest absolute Gasteiger partial charge is 0.383 e. The number of likely N-dealkylation sites (N-methyl/N-ethyl adjacent to an activating group) is 1. The molecule has 25 heavy (non-hydrogen) atoms. The van der Waals surface area contributed by atoms with Gasteiger partial charge >= 0.3 is 0 Å². The SMILES string of the molecule is CSc1nc(N)cc(N2CCC[C@@H](c3nccn3CCN(C)C)C2)n1. The van der Waals surface area contributed by atoms with Crippen LogP contribution in [0.1, 0.15) is 24.6 Å². The second-order valence-electron chi connectivity index (χ2n) is 6.70. The van der Waals surface area contributed by atoms with Gasteiger partial charge in [0.05, 0.1) is 0 Å². The van der Waals surface area contributed by atoms with E-state index in [1.165, 1.54) is 17.6 Å². The molecule has 0 unspecified atom stereocenters. The lowest BCUT2D eigenvalue weighted by molar-refractivity contribution is 0.373. The van der Waals surface area contributed by atoms with Crippen molar-refractivity contribution in [2.24, 2.45) is 0 Å². The maximum atomic E-state index is 5.95. The summed E-state index contributed by atoms with van der Waals surface area (Å²) in [6, 6.07) is 1.88. The minimum Gasteiger partial charge on any atom is -0.383 e. The first kappa shape index (κ1) is 18.0. The smallest absolute Gasteiger partial charge is 0.191 e. The molecule has 3 heterocycles. The van der Waals surface area contributed by atoms with Crippen molar-refractivity contribution in [2.45, 2.75) is 30.5 Å². The van der Waals surface area contributed by atoms with Gasteiger partial charge in [-0.05, 0) is 33.2 Å². The molecule has 2 N–H and O–H groups in total. The van der Waals surface area contributed by atoms with E-state index in [2.05, 4.69) is 49.6 Å². The van der Waals surface area contributed by atoms with Gasteiger partial charge in [-0.2, -0.15) is 0 Å². The van der Waals surface area contributed by atoms with Gasteiger partial charge in [-0.25, -0.2) is 15.0 Å². The highest BCUT2D eigenvalue weighted by Gasteiger charge is 2.26. The van der Waals surface area contributed by atoms with Crippen LogP contribution < -0.4 is 10.6 Å². The van der Waals surface area contributed by atoms with Gasteiger partial charge in [0.1, 0.15) is 17.5 Å². The average molecular weight is 362 g/mol. The molecular formula is C17H27N7S. The van der Waals surface area contributed by atoms with Gasteiger partial charge in [-0.3, -0.25) is 0 Å². The van der Waals surface area contributed by atoms with Gasteiger partial charge in [-0.1, -0.05) is 11.8 Å². The average Bonchev–Trinajstić information content (AvgIpc) is 3.08. The van der Waals surface area contributed by atoms with Crippen molar-refractivity contribution < 1.29 is 0 Å². The van der Waals surface area contributed by atoms with Gasteiger partial charge in [0.2, 0.25) is 0 Å². The summed E-state index contributed by atoms with van der Waals surface area (Å²) in [5, 5.41) is 0.726. The molecule has 2 aromatic heterocycles. The van der Waals surface area contributed by atoms with E-state index in [4.69, 9.17) is 5.73 Å². The fourth-order valence-electron chi connectivity index (χ4n) is 3.26. The normalized spacial score (nSPS) is 18.1. The summed E-state index contributed by atoms with van der Waals surface area (Å²) >= 11 is 1.52. The van der Waals surface area contributed by atoms with Crippen LogP contribution in [0.15, 0.2) is 23.6 Å². The molecule has 7 nitrogen and oxygen atoms in total. The van der Waals surface area contributed by atoms with Crippen LogP contribution in [-0.4, -0.2) is 64.4 Å². The molecule has 1 aliphatic rings. The number of anilines is 2. The number of hydrogen-bond donors (Lipinski definition) is 1. The second-order valence-corrected chi connectivity index (χ2v) is 7.48. The summed E-state index contributed by atoms with van der Waals surface area (Å²) in [5.74, 6) is 3.05. The first-order valence-corrected chi connectivity index (χ1v) is 9.88. The molecule has 3 rings (SSSR count). The summed E-state index contributed by atoms with van der Waals surface area (Å²) < 4.78 is 2.29. The second kappa shape index (κ2) is 8.05. The maximum Gasteiger partial charge on any atom is 0.191 e. The Hall–Kier alpha value is -1.80. The van der Waals surface area contributed by atoms with Crippen LogP contribution in [0.25, 0.3) is 0 Å². The molecule has 2 aromatic rings. The van der Waals surface area contributed by atoms with Crippen molar-refractivity contribution in [3.63, 3.8) is 0 Å². The maximum absolute atomic E-state index is 5.95. The predicted molar refractivity (Wildman–Crippen MR) is 103 cm³/mol. The Morgan fingerprint density at radius 3 is 2.96 bits per heavy atom. The molecule has 1 atom stereocenters. The van der Waals surface area contributed by atoms with Crippen LogP contribution in [0.3, 0.4) is 0 Å². The summed E-state index contributed by atoms with van der Waals surface area (Å²) in [6.45, 7) is 3.90. The Balaban J connectivity index is 1.76. The van der Waals surface area contributed by atoms with Crippen molar-refractivity contribution in [1.82, 2.24) is 24.4 Å². The highest BCUT2D eigenvalue weighted by atomic mass is 32.2. The molecule has 0 spiro atoms. The number of aromatic nitrogens is 4. The predicted octanol–water partition coefficient (Wildman–Crippen LogP) is 1.92. The molecule has 0 aliphatic carbocycles. The summed E-state index contributed by atoms with van der Waals surface area (Å²) in [4.78, 5) is 18.1. The monoisotopic (exact) mass is 361 g/mol. The number of nitrogens with two attached hydrogens (primary N) is 1. The van der Waals surface area contributed by atoms with Crippen molar-refractivity contribution in [3.05, 3.63) is 24.3 Å². The zero-order valence-electron chi connectivity index (χ0n) is 15.2. The van der Waals surface area contributed by atoms with Crippen LogP contribution in [0, 0.1) is 0 Å². The van der Waals surface area contributed by atoms with E-state index in [0.29, 0.717) is 11.7 Å². The summed E-state index contributed by atoms with van der Waals surface area (Å²) in [5.41, 5.74) is 5.95. The van der Waals surface area contributed by atoms with E-state index in [0.717, 1.165) is 50.0 Å². The fraction of sp³-hybridized carbons (Fsp3) is 0.588. The van der Waals surface area contributed by atoms with Gasteiger partial charge in [0.25, 0.3) is 0 Å². The molecule has 0 aromatic carbocycles. The van der Waals surface area contributed by atoms with Crippen LogP contribution in [0.4, 0.5) is 11.6 Å². The third-order valence-electron chi connectivity index (χ3n) is 4.54. The standard InChI is InChI=1S/C17H27N7S/c1-22(2)9-10-23-8-6-19-16(23)13-5-4-7-24(12-13)15-11-14(18)20-17(21-15)25-3/h6,8,11,13H,4-5,7,9-10,12H2,1-3H3,(H2,18,20,21)/t13-/m1/s1. The van der Waals surface area contributed by atoms with Crippen LogP contribution >= 0.6 is 11.8 Å². The number of nitrogens with zero attached hydrogens (tertiary/aromatic N) is 6. The lowest BCUT2D eigenvalue weighted by Gasteiger charge is -2.33. The quantitative estimate of drug-likeness (QED) is 0.622. The number of piperidine rings is 1. The third-order valence-corrected chi connectivity index (χ3v) is 5.09. The lowest BCUT2D eigenvalue weighted by Crippen LogP contribution is -2.36. The molecule has 8 heteroatoms. The van der Waals surface area contributed by atoms with Crippen LogP contribution in [-0.2, 0) is 6.54 Å². The molecule has 1 saturated heterocycles. The Labute approximate surface area is 153 Å². The van der Waals surface area contributed by atoms with E-state index in [-0.39, 0.29) is 0 Å². The molecule has 1 aliphatic heterocycles. The molecule has 0 amide bonds. The van der Waals surface area contributed by atoms with E-state index in [1.54, 1.807) is 0 Å². The van der Waals surface area contributed by atoms with Gasteiger partial charge < -0.3 is 20.1 Å². The minimum absolute atomic E-state index is 0.417. The first-order chi connectivity index (χ1) is 12.1. The highest BCUT2D eigenvalue weighted by molar-refractivity contribution is 7.98.